The zero-order valence-corrected chi connectivity index (χ0v) is 7.45. The van der Waals surface area contributed by atoms with Crippen LogP contribution in [0.3, 0.4) is 0 Å². The van der Waals surface area contributed by atoms with Gasteiger partial charge in [-0.05, 0) is 61.2 Å². The zero-order chi connectivity index (χ0) is 7.71. The van der Waals surface area contributed by atoms with Crippen LogP contribution in [-0.4, -0.2) is 0 Å². The Labute approximate surface area is 74.0 Å². The molecule has 64 valence electrons. The first kappa shape index (κ1) is 6.23. The van der Waals surface area contributed by atoms with E-state index in [1.54, 1.807) is 19.3 Å². The summed E-state index contributed by atoms with van der Waals surface area (Å²) in [6.07, 6.45) is 11.3. The molecule has 0 heterocycles. The molecule has 12 heavy (non-hydrogen) atoms. The number of hydrogen-bond acceptors (Lipinski definition) is 0. The fraction of sp³-hybridized carbons (Fsp3) is 0.833. The molecule has 0 spiro atoms. The first-order valence-corrected chi connectivity index (χ1v) is 5.62. The Morgan fingerprint density at radius 2 is 1.33 bits per heavy atom. The van der Waals surface area contributed by atoms with E-state index in [2.05, 4.69) is 12.2 Å². The molecule has 0 aromatic carbocycles. The summed E-state index contributed by atoms with van der Waals surface area (Å²) < 4.78 is 0. The summed E-state index contributed by atoms with van der Waals surface area (Å²) in [5.74, 6) is 6.66. The van der Waals surface area contributed by atoms with E-state index in [-0.39, 0.29) is 0 Å². The lowest BCUT2D eigenvalue weighted by Gasteiger charge is -2.31. The van der Waals surface area contributed by atoms with Crippen molar-refractivity contribution in [3.63, 3.8) is 0 Å². The summed E-state index contributed by atoms with van der Waals surface area (Å²) in [7, 11) is 0. The molecule has 0 radical (unpaired) electrons. The molecule has 0 nitrogen and oxygen atoms in total. The van der Waals surface area contributed by atoms with Crippen molar-refractivity contribution in [2.75, 3.05) is 0 Å². The van der Waals surface area contributed by atoms with Gasteiger partial charge in [-0.1, -0.05) is 12.2 Å². The Kier molecular flexibility index (Phi) is 0.939. The Hall–Kier alpha value is -0.260. The fourth-order valence-electron chi connectivity index (χ4n) is 4.98. The molecule has 0 aromatic rings. The predicted octanol–water partition coefficient (Wildman–Crippen LogP) is 2.85. The lowest BCUT2D eigenvalue weighted by atomic mass is 9.73. The van der Waals surface area contributed by atoms with Crippen molar-refractivity contribution < 1.29 is 0 Å². The second-order valence-electron chi connectivity index (χ2n) is 5.44. The van der Waals surface area contributed by atoms with E-state index in [9.17, 15) is 0 Å². The number of rotatable bonds is 0. The van der Waals surface area contributed by atoms with Gasteiger partial charge in [0.1, 0.15) is 0 Å². The van der Waals surface area contributed by atoms with Crippen LogP contribution in [0, 0.1) is 35.5 Å². The number of allylic oxidation sites excluding steroid dienone is 2. The van der Waals surface area contributed by atoms with Crippen molar-refractivity contribution in [3.8, 4) is 0 Å². The first-order valence-electron chi connectivity index (χ1n) is 5.62. The van der Waals surface area contributed by atoms with Gasteiger partial charge in [-0.25, -0.2) is 0 Å². The minimum absolute atomic E-state index is 1.02. The minimum atomic E-state index is 1.02. The highest BCUT2D eigenvalue weighted by Crippen LogP contribution is 2.65. The van der Waals surface area contributed by atoms with Gasteiger partial charge in [0, 0.05) is 0 Å². The summed E-state index contributed by atoms with van der Waals surface area (Å²) >= 11 is 0. The van der Waals surface area contributed by atoms with Gasteiger partial charge in [0.25, 0.3) is 0 Å². The van der Waals surface area contributed by atoms with Gasteiger partial charge >= 0.3 is 0 Å². The third-order valence-electron chi connectivity index (χ3n) is 5.19. The van der Waals surface area contributed by atoms with Crippen molar-refractivity contribution in [3.05, 3.63) is 12.2 Å². The zero-order valence-electron chi connectivity index (χ0n) is 7.45. The maximum atomic E-state index is 2.53. The third kappa shape index (κ3) is 0.522. The highest BCUT2D eigenvalue weighted by atomic mass is 14.6. The average molecular weight is 160 g/mol. The van der Waals surface area contributed by atoms with Crippen LogP contribution in [0.2, 0.25) is 0 Å². The van der Waals surface area contributed by atoms with Gasteiger partial charge in [-0.3, -0.25) is 0 Å². The van der Waals surface area contributed by atoms with Crippen molar-refractivity contribution in [1.29, 1.82) is 0 Å². The predicted molar refractivity (Wildman–Crippen MR) is 48.5 cm³/mol. The van der Waals surface area contributed by atoms with E-state index >= 15 is 0 Å². The van der Waals surface area contributed by atoms with Gasteiger partial charge in [0.05, 0.1) is 0 Å². The molecule has 4 bridgehead atoms. The van der Waals surface area contributed by atoms with Gasteiger partial charge < -0.3 is 0 Å². The second-order valence-corrected chi connectivity index (χ2v) is 5.44. The molecule has 4 aliphatic carbocycles. The van der Waals surface area contributed by atoms with E-state index < -0.39 is 0 Å². The molecule has 4 rings (SSSR count). The van der Waals surface area contributed by atoms with Crippen LogP contribution in [0.4, 0.5) is 0 Å². The van der Waals surface area contributed by atoms with E-state index in [0.717, 1.165) is 35.5 Å². The highest BCUT2D eigenvalue weighted by Gasteiger charge is 2.57. The maximum absolute atomic E-state index is 2.53. The van der Waals surface area contributed by atoms with Crippen LogP contribution < -0.4 is 0 Å². The Bertz CT molecular complexity index is 229. The lowest BCUT2D eigenvalue weighted by molar-refractivity contribution is 0.206. The molecule has 0 N–H and O–H groups in total. The molecule has 3 unspecified atom stereocenters. The molecule has 0 amide bonds. The molecule has 0 aromatic heterocycles. The van der Waals surface area contributed by atoms with Crippen LogP contribution in [0.5, 0.6) is 0 Å². The quantitative estimate of drug-likeness (QED) is 0.377. The van der Waals surface area contributed by atoms with Gasteiger partial charge in [0.15, 0.2) is 0 Å². The number of hydrogen-bond donors (Lipinski definition) is 0. The monoisotopic (exact) mass is 160 g/mol. The van der Waals surface area contributed by atoms with Crippen LogP contribution in [0.15, 0.2) is 12.2 Å². The number of fused-ring (bicyclic) bond motifs is 9. The average Bonchev–Trinajstić information content (AvgIpc) is 2.83. The van der Waals surface area contributed by atoms with E-state index in [4.69, 9.17) is 0 Å². The van der Waals surface area contributed by atoms with Crippen LogP contribution in [-0.2, 0) is 0 Å². The fourth-order valence-corrected chi connectivity index (χ4v) is 4.98. The molecule has 3 saturated carbocycles. The van der Waals surface area contributed by atoms with Crippen molar-refractivity contribution in [1.82, 2.24) is 0 Å². The molecule has 6 atom stereocenters. The summed E-state index contributed by atoms with van der Waals surface area (Å²) in [5.41, 5.74) is 0. The Morgan fingerprint density at radius 3 is 1.92 bits per heavy atom. The topological polar surface area (TPSA) is 0 Å². The Balaban J connectivity index is 1.82. The normalized spacial score (nSPS) is 64.7. The second kappa shape index (κ2) is 1.81. The Morgan fingerprint density at radius 1 is 0.750 bits per heavy atom. The van der Waals surface area contributed by atoms with Crippen LogP contribution in [0.1, 0.15) is 25.7 Å². The lowest BCUT2D eigenvalue weighted by Crippen LogP contribution is -2.25. The molecule has 0 saturated heterocycles. The summed E-state index contributed by atoms with van der Waals surface area (Å²) in [6, 6.07) is 0. The molecule has 0 aliphatic heterocycles. The third-order valence-corrected chi connectivity index (χ3v) is 5.19. The van der Waals surface area contributed by atoms with Crippen molar-refractivity contribution >= 4 is 0 Å². The van der Waals surface area contributed by atoms with Crippen LogP contribution >= 0.6 is 0 Å². The highest BCUT2D eigenvalue weighted by molar-refractivity contribution is 5.19. The van der Waals surface area contributed by atoms with E-state index in [0.29, 0.717) is 0 Å². The van der Waals surface area contributed by atoms with Crippen LogP contribution in [0.25, 0.3) is 0 Å². The largest absolute Gasteiger partial charge is 0.0848 e. The van der Waals surface area contributed by atoms with E-state index in [1.165, 1.54) is 6.42 Å². The van der Waals surface area contributed by atoms with Gasteiger partial charge in [-0.2, -0.15) is 0 Å². The SMILES string of the molecule is C1=CC2CC1[C@@H]1C3CC[C@H](C3)[C@H]21. The summed E-state index contributed by atoms with van der Waals surface area (Å²) in [4.78, 5) is 0. The van der Waals surface area contributed by atoms with E-state index in [1.807, 2.05) is 0 Å². The standard InChI is InChI=1S/C12H16/c1-2-8-5-7(1)11-9-3-4-10(6-9)12(8)11/h1-2,7-12H,3-6H2/t7?,8?,9-,10?,11+,12-/m1/s1. The summed E-state index contributed by atoms with van der Waals surface area (Å²) in [6.45, 7) is 0. The minimum Gasteiger partial charge on any atom is -0.0848 e. The molecular formula is C12H16. The molecule has 4 aliphatic rings. The van der Waals surface area contributed by atoms with Crippen molar-refractivity contribution in [2.24, 2.45) is 35.5 Å². The molecule has 3 fully saturated rings. The van der Waals surface area contributed by atoms with Gasteiger partial charge in [-0.15, -0.1) is 0 Å². The van der Waals surface area contributed by atoms with Crippen molar-refractivity contribution in [2.45, 2.75) is 25.7 Å². The first-order chi connectivity index (χ1) is 5.93. The summed E-state index contributed by atoms with van der Waals surface area (Å²) in [5, 5.41) is 0. The molecule has 0 heteroatoms. The smallest absolute Gasteiger partial charge is 0.0194 e. The van der Waals surface area contributed by atoms with Gasteiger partial charge in [0.2, 0.25) is 0 Å². The molecular weight excluding hydrogens is 144 g/mol. The maximum Gasteiger partial charge on any atom is -0.0194 e.